The Kier molecular flexibility index (Phi) is 6.83. The minimum absolute atomic E-state index is 0.0583. The number of hydrogen-bond acceptors (Lipinski definition) is 7. The van der Waals surface area contributed by atoms with Gasteiger partial charge in [-0.25, -0.2) is 4.79 Å². The predicted octanol–water partition coefficient (Wildman–Crippen LogP) is 1.19. The van der Waals surface area contributed by atoms with Crippen molar-refractivity contribution in [1.82, 2.24) is 14.0 Å². The first-order valence-corrected chi connectivity index (χ1v) is 11.2. The SMILES string of the molecule is COc1ccccc1N1CCN(CC(=O)c2c(N)n(Cc3ccccc3)c(=O)n(C)c2=O)CC1. The first kappa shape index (κ1) is 23.3. The Balaban J connectivity index is 1.51. The van der Waals surface area contributed by atoms with E-state index >= 15 is 0 Å². The average Bonchev–Trinajstić information content (AvgIpc) is 2.86. The summed E-state index contributed by atoms with van der Waals surface area (Å²) in [6.07, 6.45) is 0. The Morgan fingerprint density at radius 2 is 1.62 bits per heavy atom. The van der Waals surface area contributed by atoms with E-state index in [4.69, 9.17) is 10.5 Å². The number of rotatable bonds is 7. The summed E-state index contributed by atoms with van der Waals surface area (Å²) >= 11 is 0. The number of para-hydroxylation sites is 2. The number of anilines is 2. The highest BCUT2D eigenvalue weighted by atomic mass is 16.5. The number of ether oxygens (including phenoxy) is 1. The van der Waals surface area contributed by atoms with Crippen molar-refractivity contribution >= 4 is 17.3 Å². The third kappa shape index (κ3) is 4.60. The monoisotopic (exact) mass is 463 g/mol. The molecule has 0 radical (unpaired) electrons. The molecule has 2 heterocycles. The number of ketones is 1. The first-order chi connectivity index (χ1) is 16.4. The van der Waals surface area contributed by atoms with E-state index in [-0.39, 0.29) is 30.3 Å². The molecule has 9 nitrogen and oxygen atoms in total. The third-order valence-corrected chi connectivity index (χ3v) is 6.21. The largest absolute Gasteiger partial charge is 0.495 e. The summed E-state index contributed by atoms with van der Waals surface area (Å²) in [6, 6.07) is 17.1. The van der Waals surface area contributed by atoms with Crippen LogP contribution in [-0.2, 0) is 13.6 Å². The van der Waals surface area contributed by atoms with E-state index in [1.807, 2.05) is 59.5 Å². The van der Waals surface area contributed by atoms with Gasteiger partial charge in [0.15, 0.2) is 5.78 Å². The third-order valence-electron chi connectivity index (χ3n) is 6.21. The number of methoxy groups -OCH3 is 1. The molecule has 0 atom stereocenters. The molecule has 1 aromatic heterocycles. The lowest BCUT2D eigenvalue weighted by Gasteiger charge is -2.36. The topological polar surface area (TPSA) is 103 Å². The number of hydrogen-bond donors (Lipinski definition) is 1. The lowest BCUT2D eigenvalue weighted by atomic mass is 10.1. The Labute approximate surface area is 197 Å². The van der Waals surface area contributed by atoms with Gasteiger partial charge in [-0.15, -0.1) is 0 Å². The van der Waals surface area contributed by atoms with Gasteiger partial charge in [0.2, 0.25) is 0 Å². The van der Waals surface area contributed by atoms with Crippen LogP contribution in [0, 0.1) is 0 Å². The molecule has 34 heavy (non-hydrogen) atoms. The zero-order valence-electron chi connectivity index (χ0n) is 19.4. The molecule has 1 aliphatic rings. The Morgan fingerprint density at radius 1 is 0.971 bits per heavy atom. The number of carbonyl (C=O) groups is 1. The Bertz CT molecular complexity index is 1290. The lowest BCUT2D eigenvalue weighted by molar-refractivity contribution is 0.0924. The molecule has 2 aromatic carbocycles. The van der Waals surface area contributed by atoms with Gasteiger partial charge in [0.1, 0.15) is 17.1 Å². The zero-order chi connectivity index (χ0) is 24.2. The minimum Gasteiger partial charge on any atom is -0.495 e. The van der Waals surface area contributed by atoms with E-state index in [1.54, 1.807) is 7.11 Å². The van der Waals surface area contributed by atoms with Crippen molar-refractivity contribution < 1.29 is 9.53 Å². The number of nitrogen functional groups attached to an aromatic ring is 1. The predicted molar refractivity (Wildman–Crippen MR) is 132 cm³/mol. The fraction of sp³-hybridized carbons (Fsp3) is 0.320. The number of Topliss-reactive ketones (excluding diaryl/α,β-unsaturated/α-hetero) is 1. The normalized spacial score (nSPS) is 14.2. The molecule has 4 rings (SSSR count). The summed E-state index contributed by atoms with van der Waals surface area (Å²) < 4.78 is 7.69. The molecule has 1 saturated heterocycles. The van der Waals surface area contributed by atoms with Crippen molar-refractivity contribution in [3.8, 4) is 5.75 Å². The van der Waals surface area contributed by atoms with E-state index in [0.29, 0.717) is 26.2 Å². The van der Waals surface area contributed by atoms with Crippen molar-refractivity contribution in [2.24, 2.45) is 7.05 Å². The van der Waals surface area contributed by atoms with Gasteiger partial charge in [-0.2, -0.15) is 0 Å². The van der Waals surface area contributed by atoms with Crippen LogP contribution in [0.1, 0.15) is 15.9 Å². The van der Waals surface area contributed by atoms with Gasteiger partial charge < -0.3 is 15.4 Å². The standard InChI is InChI=1S/C25H29N5O4/c1-27-24(32)22(23(26)30(25(27)33)16-18-8-4-3-5-9-18)20(31)17-28-12-14-29(15-13-28)19-10-6-7-11-21(19)34-2/h3-11H,12-17,26H2,1-2H3. The molecule has 0 amide bonds. The molecule has 0 aliphatic carbocycles. The van der Waals surface area contributed by atoms with Crippen molar-refractivity contribution in [2.45, 2.75) is 6.54 Å². The van der Waals surface area contributed by atoms with Crippen LogP contribution in [0.15, 0.2) is 64.2 Å². The summed E-state index contributed by atoms with van der Waals surface area (Å²) in [5.41, 5.74) is 6.75. The second-order valence-corrected chi connectivity index (χ2v) is 8.34. The first-order valence-electron chi connectivity index (χ1n) is 11.2. The van der Waals surface area contributed by atoms with Crippen LogP contribution in [0.3, 0.4) is 0 Å². The maximum Gasteiger partial charge on any atom is 0.332 e. The van der Waals surface area contributed by atoms with E-state index in [1.165, 1.54) is 11.6 Å². The van der Waals surface area contributed by atoms with E-state index in [9.17, 15) is 14.4 Å². The highest BCUT2D eigenvalue weighted by Crippen LogP contribution is 2.28. The van der Waals surface area contributed by atoms with Crippen LogP contribution in [0.2, 0.25) is 0 Å². The molecule has 0 spiro atoms. The van der Waals surface area contributed by atoms with Gasteiger partial charge in [-0.05, 0) is 17.7 Å². The van der Waals surface area contributed by atoms with E-state index in [2.05, 4.69) is 4.90 Å². The van der Waals surface area contributed by atoms with Crippen molar-refractivity contribution in [2.75, 3.05) is 50.5 Å². The van der Waals surface area contributed by atoms with Crippen LogP contribution in [0.5, 0.6) is 5.75 Å². The second kappa shape index (κ2) is 9.96. The molecule has 0 bridgehead atoms. The van der Waals surface area contributed by atoms with Crippen molar-refractivity contribution in [1.29, 1.82) is 0 Å². The minimum atomic E-state index is -0.663. The number of piperazine rings is 1. The zero-order valence-corrected chi connectivity index (χ0v) is 19.4. The van der Waals surface area contributed by atoms with E-state index in [0.717, 1.165) is 21.6 Å². The highest BCUT2D eigenvalue weighted by Gasteiger charge is 2.26. The smallest absolute Gasteiger partial charge is 0.332 e. The summed E-state index contributed by atoms with van der Waals surface area (Å²) in [6.45, 7) is 2.96. The maximum atomic E-state index is 13.2. The van der Waals surface area contributed by atoms with E-state index < -0.39 is 11.2 Å². The van der Waals surface area contributed by atoms with Gasteiger partial charge in [0, 0.05) is 33.2 Å². The molecule has 0 unspecified atom stereocenters. The van der Waals surface area contributed by atoms with Crippen molar-refractivity contribution in [3.63, 3.8) is 0 Å². The van der Waals surface area contributed by atoms with Gasteiger partial charge >= 0.3 is 5.69 Å². The summed E-state index contributed by atoms with van der Waals surface area (Å²) in [4.78, 5) is 42.9. The second-order valence-electron chi connectivity index (χ2n) is 8.34. The van der Waals surface area contributed by atoms with Crippen LogP contribution in [-0.4, -0.2) is 59.7 Å². The maximum absolute atomic E-state index is 13.2. The summed E-state index contributed by atoms with van der Waals surface area (Å²) in [5.74, 6) is 0.337. The van der Waals surface area contributed by atoms with Crippen LogP contribution >= 0.6 is 0 Å². The van der Waals surface area contributed by atoms with Gasteiger partial charge in [0.05, 0.1) is 25.9 Å². The lowest BCUT2D eigenvalue weighted by Crippen LogP contribution is -2.49. The van der Waals surface area contributed by atoms with Crippen molar-refractivity contribution in [3.05, 3.63) is 86.6 Å². The fourth-order valence-electron chi connectivity index (χ4n) is 4.28. The van der Waals surface area contributed by atoms with Crippen LogP contribution in [0.4, 0.5) is 11.5 Å². The Hall–Kier alpha value is -3.85. The number of carbonyl (C=O) groups excluding carboxylic acids is 1. The molecule has 1 aliphatic heterocycles. The summed E-state index contributed by atoms with van der Waals surface area (Å²) in [5, 5.41) is 0. The Morgan fingerprint density at radius 3 is 2.29 bits per heavy atom. The van der Waals surface area contributed by atoms with Gasteiger partial charge in [-0.3, -0.25) is 23.6 Å². The fourth-order valence-corrected chi connectivity index (χ4v) is 4.28. The number of nitrogens with two attached hydrogens (primary N) is 1. The molecule has 1 fully saturated rings. The van der Waals surface area contributed by atoms with Crippen LogP contribution < -0.4 is 26.6 Å². The highest BCUT2D eigenvalue weighted by molar-refractivity contribution is 6.01. The molecule has 9 heteroatoms. The molecule has 178 valence electrons. The van der Waals surface area contributed by atoms with Gasteiger partial charge in [-0.1, -0.05) is 42.5 Å². The van der Waals surface area contributed by atoms with Gasteiger partial charge in [0.25, 0.3) is 5.56 Å². The quantitative estimate of drug-likeness (QED) is 0.525. The number of nitrogens with zero attached hydrogens (tertiary/aromatic N) is 4. The molecular formula is C25H29N5O4. The number of aromatic nitrogens is 2. The molecule has 3 aromatic rings. The average molecular weight is 464 g/mol. The van der Waals surface area contributed by atoms with Crippen LogP contribution in [0.25, 0.3) is 0 Å². The molecular weight excluding hydrogens is 434 g/mol. The molecule has 2 N–H and O–H groups in total. The summed E-state index contributed by atoms with van der Waals surface area (Å²) in [7, 11) is 3.02. The molecule has 0 saturated carbocycles. The number of benzene rings is 2.